The predicted octanol–water partition coefficient (Wildman–Crippen LogP) is 2.90. The number of pyridine rings is 1. The van der Waals surface area contributed by atoms with E-state index in [0.29, 0.717) is 0 Å². The number of aliphatic carboxylic acids is 1. The molecule has 4 heteroatoms. The molecule has 3 nitrogen and oxygen atoms in total. The van der Waals surface area contributed by atoms with E-state index in [1.807, 2.05) is 18.2 Å². The molecule has 0 aliphatic heterocycles. The summed E-state index contributed by atoms with van der Waals surface area (Å²) in [5.74, 6) is -1.02. The number of halogens is 1. The minimum Gasteiger partial charge on any atom is -0.481 e. The summed E-state index contributed by atoms with van der Waals surface area (Å²) >= 11 is 0. The van der Waals surface area contributed by atoms with Gasteiger partial charge in [0.1, 0.15) is 5.82 Å². The van der Waals surface area contributed by atoms with Crippen molar-refractivity contribution in [1.29, 1.82) is 0 Å². The Balaban J connectivity index is 0.000000357. The minimum atomic E-state index is -0.833. The van der Waals surface area contributed by atoms with Crippen molar-refractivity contribution >= 4 is 5.97 Å². The summed E-state index contributed by atoms with van der Waals surface area (Å²) in [5.41, 5.74) is 2.07. The van der Waals surface area contributed by atoms with E-state index >= 15 is 0 Å². The van der Waals surface area contributed by atoms with Crippen LogP contribution < -0.4 is 0 Å². The zero-order valence-electron chi connectivity index (χ0n) is 10.0. The summed E-state index contributed by atoms with van der Waals surface area (Å²) in [6, 6.07) is 10.5. The molecule has 94 valence electrons. The maximum atomic E-state index is 12.9. The SMILES string of the molecule is CC(=O)O.Fc1cccc(Cc2cccnc2)c1. The molecule has 0 aliphatic carbocycles. The van der Waals surface area contributed by atoms with Gasteiger partial charge in [-0.25, -0.2) is 4.39 Å². The zero-order valence-corrected chi connectivity index (χ0v) is 10.0. The first-order valence-corrected chi connectivity index (χ1v) is 5.41. The highest BCUT2D eigenvalue weighted by molar-refractivity contribution is 5.62. The van der Waals surface area contributed by atoms with Gasteiger partial charge < -0.3 is 5.11 Å². The molecule has 0 fully saturated rings. The van der Waals surface area contributed by atoms with Gasteiger partial charge in [0.15, 0.2) is 0 Å². The number of carboxylic acids is 1. The van der Waals surface area contributed by atoms with Crippen LogP contribution in [0.4, 0.5) is 4.39 Å². The van der Waals surface area contributed by atoms with Crippen molar-refractivity contribution in [2.45, 2.75) is 13.3 Å². The van der Waals surface area contributed by atoms with Crippen molar-refractivity contribution in [1.82, 2.24) is 4.98 Å². The largest absolute Gasteiger partial charge is 0.481 e. The summed E-state index contributed by atoms with van der Waals surface area (Å²) in [7, 11) is 0. The van der Waals surface area contributed by atoms with Crippen LogP contribution in [0.2, 0.25) is 0 Å². The standard InChI is InChI=1S/C12H10FN.C2H4O2/c13-12-5-1-3-10(8-12)7-11-4-2-6-14-9-11;1-2(3)4/h1-6,8-9H,7H2;1H3,(H,3,4). The summed E-state index contributed by atoms with van der Waals surface area (Å²) in [4.78, 5) is 13.0. The molecule has 0 saturated carbocycles. The molecule has 1 aromatic heterocycles. The molecule has 0 bridgehead atoms. The molecule has 0 aliphatic rings. The van der Waals surface area contributed by atoms with Crippen LogP contribution >= 0.6 is 0 Å². The lowest BCUT2D eigenvalue weighted by Crippen LogP contribution is -1.89. The first kappa shape index (κ1) is 13.8. The van der Waals surface area contributed by atoms with Crippen LogP contribution in [0.25, 0.3) is 0 Å². The maximum absolute atomic E-state index is 12.9. The number of nitrogens with zero attached hydrogens (tertiary/aromatic N) is 1. The Morgan fingerprint density at radius 1 is 1.28 bits per heavy atom. The van der Waals surface area contributed by atoms with E-state index in [9.17, 15) is 4.39 Å². The molecule has 0 amide bonds. The number of rotatable bonds is 2. The average Bonchev–Trinajstić information content (AvgIpc) is 2.29. The number of carbonyl (C=O) groups is 1. The van der Waals surface area contributed by atoms with Crippen molar-refractivity contribution in [3.63, 3.8) is 0 Å². The minimum absolute atomic E-state index is 0.189. The predicted molar refractivity (Wildman–Crippen MR) is 66.8 cm³/mol. The highest BCUT2D eigenvalue weighted by atomic mass is 19.1. The monoisotopic (exact) mass is 247 g/mol. The summed E-state index contributed by atoms with van der Waals surface area (Å²) in [5, 5.41) is 7.42. The van der Waals surface area contributed by atoms with Gasteiger partial charge in [0, 0.05) is 19.3 Å². The Labute approximate surface area is 105 Å². The molecule has 0 unspecified atom stereocenters. The third-order valence-electron chi connectivity index (χ3n) is 2.02. The van der Waals surface area contributed by atoms with Gasteiger partial charge in [-0.15, -0.1) is 0 Å². The van der Waals surface area contributed by atoms with Crippen molar-refractivity contribution in [3.8, 4) is 0 Å². The zero-order chi connectivity index (χ0) is 13.4. The highest BCUT2D eigenvalue weighted by Crippen LogP contribution is 2.09. The van der Waals surface area contributed by atoms with Crippen molar-refractivity contribution in [3.05, 3.63) is 65.7 Å². The van der Waals surface area contributed by atoms with Gasteiger partial charge in [0.05, 0.1) is 0 Å². The van der Waals surface area contributed by atoms with E-state index in [-0.39, 0.29) is 5.82 Å². The molecule has 0 spiro atoms. The first-order valence-electron chi connectivity index (χ1n) is 5.41. The molecule has 1 heterocycles. The normalized spacial score (nSPS) is 9.22. The van der Waals surface area contributed by atoms with E-state index in [2.05, 4.69) is 4.98 Å². The van der Waals surface area contributed by atoms with Crippen molar-refractivity contribution < 1.29 is 14.3 Å². The fraction of sp³-hybridized carbons (Fsp3) is 0.143. The van der Waals surface area contributed by atoms with Crippen LogP contribution in [0.5, 0.6) is 0 Å². The molecule has 0 radical (unpaired) electrons. The second-order valence-electron chi connectivity index (χ2n) is 3.69. The number of carboxylic acid groups (broad SMARTS) is 1. The van der Waals surface area contributed by atoms with Gasteiger partial charge in [-0.05, 0) is 35.7 Å². The third-order valence-corrected chi connectivity index (χ3v) is 2.02. The van der Waals surface area contributed by atoms with Gasteiger partial charge in [-0.1, -0.05) is 18.2 Å². The van der Waals surface area contributed by atoms with Crippen LogP contribution in [0, 0.1) is 5.82 Å². The van der Waals surface area contributed by atoms with Crippen LogP contribution in [0.1, 0.15) is 18.1 Å². The van der Waals surface area contributed by atoms with E-state index < -0.39 is 5.97 Å². The Bertz CT molecular complexity index is 496. The van der Waals surface area contributed by atoms with Crippen LogP contribution in [0.15, 0.2) is 48.8 Å². The lowest BCUT2D eigenvalue weighted by Gasteiger charge is -2.00. The summed E-state index contributed by atoms with van der Waals surface area (Å²) in [6.07, 6.45) is 4.26. The molecule has 0 saturated heterocycles. The van der Waals surface area contributed by atoms with Crippen LogP contribution in [0.3, 0.4) is 0 Å². The number of aromatic nitrogens is 1. The summed E-state index contributed by atoms with van der Waals surface area (Å²) < 4.78 is 12.9. The molecule has 18 heavy (non-hydrogen) atoms. The Morgan fingerprint density at radius 3 is 2.50 bits per heavy atom. The van der Waals surface area contributed by atoms with Gasteiger partial charge in [0.25, 0.3) is 5.97 Å². The Hall–Kier alpha value is -2.23. The first-order chi connectivity index (χ1) is 8.58. The lowest BCUT2D eigenvalue weighted by molar-refractivity contribution is -0.134. The Morgan fingerprint density at radius 2 is 1.94 bits per heavy atom. The van der Waals surface area contributed by atoms with Crippen LogP contribution in [-0.4, -0.2) is 16.1 Å². The molecule has 2 rings (SSSR count). The topological polar surface area (TPSA) is 50.2 Å². The molecule has 2 aromatic rings. The van der Waals surface area contributed by atoms with Gasteiger partial charge in [-0.3, -0.25) is 9.78 Å². The smallest absolute Gasteiger partial charge is 0.300 e. The van der Waals surface area contributed by atoms with E-state index in [1.165, 1.54) is 6.07 Å². The fourth-order valence-corrected chi connectivity index (χ4v) is 1.39. The average molecular weight is 247 g/mol. The fourth-order valence-electron chi connectivity index (χ4n) is 1.39. The van der Waals surface area contributed by atoms with E-state index in [0.717, 1.165) is 24.5 Å². The quantitative estimate of drug-likeness (QED) is 0.887. The van der Waals surface area contributed by atoms with Gasteiger partial charge in [0.2, 0.25) is 0 Å². The van der Waals surface area contributed by atoms with Gasteiger partial charge in [-0.2, -0.15) is 0 Å². The Kier molecular flexibility index (Phi) is 5.51. The molecule has 1 aromatic carbocycles. The maximum Gasteiger partial charge on any atom is 0.300 e. The second kappa shape index (κ2) is 7.17. The van der Waals surface area contributed by atoms with Gasteiger partial charge >= 0.3 is 0 Å². The third kappa shape index (κ3) is 5.75. The summed E-state index contributed by atoms with van der Waals surface area (Å²) in [6.45, 7) is 1.08. The molecule has 1 N–H and O–H groups in total. The van der Waals surface area contributed by atoms with E-state index in [4.69, 9.17) is 9.90 Å². The second-order valence-corrected chi connectivity index (χ2v) is 3.69. The molecular formula is C14H14FNO2. The van der Waals surface area contributed by atoms with E-state index in [1.54, 1.807) is 24.5 Å². The highest BCUT2D eigenvalue weighted by Gasteiger charge is 1.96. The van der Waals surface area contributed by atoms with Crippen molar-refractivity contribution in [2.75, 3.05) is 0 Å². The number of hydrogen-bond donors (Lipinski definition) is 1. The molecular weight excluding hydrogens is 233 g/mol. The number of benzene rings is 1. The molecule has 0 atom stereocenters. The number of hydrogen-bond acceptors (Lipinski definition) is 2. The van der Waals surface area contributed by atoms with Crippen LogP contribution in [-0.2, 0) is 11.2 Å². The van der Waals surface area contributed by atoms with Crippen molar-refractivity contribution in [2.24, 2.45) is 0 Å². The lowest BCUT2D eigenvalue weighted by atomic mass is 10.1.